The summed E-state index contributed by atoms with van der Waals surface area (Å²) in [7, 11) is 0. The molecule has 0 aliphatic heterocycles. The maximum absolute atomic E-state index is 12.5. The van der Waals surface area contributed by atoms with Gasteiger partial charge in [-0.25, -0.2) is 0 Å². The first kappa shape index (κ1) is 17.9. The van der Waals surface area contributed by atoms with E-state index in [9.17, 15) is 9.59 Å². The molecule has 0 N–H and O–H groups in total. The Morgan fingerprint density at radius 2 is 1.58 bits per heavy atom. The van der Waals surface area contributed by atoms with Crippen LogP contribution in [0.2, 0.25) is 0 Å². The summed E-state index contributed by atoms with van der Waals surface area (Å²) in [5.41, 5.74) is 0. The molecule has 0 aromatic carbocycles. The Morgan fingerprint density at radius 1 is 1.00 bits per heavy atom. The zero-order valence-electron chi connectivity index (χ0n) is 12.9. The van der Waals surface area contributed by atoms with E-state index in [1.54, 1.807) is 11.8 Å². The molecule has 0 spiro atoms. The van der Waals surface area contributed by atoms with Crippen molar-refractivity contribution in [2.24, 2.45) is 5.92 Å². The Balaban J connectivity index is 4.63. The van der Waals surface area contributed by atoms with Crippen molar-refractivity contribution in [1.29, 1.82) is 0 Å². The second kappa shape index (κ2) is 10.8. The Kier molecular flexibility index (Phi) is 10.2. The Morgan fingerprint density at radius 3 is 2.00 bits per heavy atom. The minimum absolute atomic E-state index is 0.0518. The van der Waals surface area contributed by atoms with Gasteiger partial charge < -0.3 is 9.64 Å². The fourth-order valence-corrected chi connectivity index (χ4v) is 2.25. The summed E-state index contributed by atoms with van der Waals surface area (Å²) in [6.07, 6.45) is 4.65. The molecule has 0 atom stereocenters. The van der Waals surface area contributed by atoms with Crippen LogP contribution in [0.1, 0.15) is 59.8 Å². The van der Waals surface area contributed by atoms with E-state index in [0.29, 0.717) is 13.2 Å². The van der Waals surface area contributed by atoms with Crippen molar-refractivity contribution in [3.63, 3.8) is 0 Å². The first-order valence-corrected chi connectivity index (χ1v) is 7.54. The lowest BCUT2D eigenvalue weighted by Gasteiger charge is -2.26. The van der Waals surface area contributed by atoms with E-state index in [4.69, 9.17) is 4.74 Å². The summed E-state index contributed by atoms with van der Waals surface area (Å²) in [5, 5.41) is 0. The quantitative estimate of drug-likeness (QED) is 0.574. The molecule has 0 aliphatic carbocycles. The highest BCUT2D eigenvalue weighted by molar-refractivity contribution is 5.83. The van der Waals surface area contributed by atoms with Crippen molar-refractivity contribution in [2.75, 3.05) is 19.7 Å². The third-order valence-corrected chi connectivity index (χ3v) is 3.05. The van der Waals surface area contributed by atoms with E-state index in [1.165, 1.54) is 0 Å². The second-order valence-corrected chi connectivity index (χ2v) is 4.84. The van der Waals surface area contributed by atoms with Gasteiger partial charge in [0.25, 0.3) is 0 Å². The van der Waals surface area contributed by atoms with E-state index >= 15 is 0 Å². The monoisotopic (exact) mass is 271 g/mol. The largest absolute Gasteiger partial charge is 0.465 e. The van der Waals surface area contributed by atoms with E-state index < -0.39 is 0 Å². The lowest BCUT2D eigenvalue weighted by atomic mass is 9.96. The van der Waals surface area contributed by atoms with Crippen LogP contribution in [0, 0.1) is 5.92 Å². The molecule has 0 rings (SSSR count). The third-order valence-electron chi connectivity index (χ3n) is 3.05. The van der Waals surface area contributed by atoms with Crippen molar-refractivity contribution in [2.45, 2.75) is 59.8 Å². The summed E-state index contributed by atoms with van der Waals surface area (Å²) >= 11 is 0. The van der Waals surface area contributed by atoms with Gasteiger partial charge in [-0.3, -0.25) is 9.59 Å². The molecule has 0 unspecified atom stereocenters. The van der Waals surface area contributed by atoms with Crippen molar-refractivity contribution >= 4 is 11.9 Å². The number of carbonyl (C=O) groups is 2. The molecule has 4 heteroatoms. The van der Waals surface area contributed by atoms with Crippen molar-refractivity contribution < 1.29 is 14.3 Å². The van der Waals surface area contributed by atoms with Crippen LogP contribution < -0.4 is 0 Å². The number of esters is 1. The molecule has 0 heterocycles. The molecule has 19 heavy (non-hydrogen) atoms. The molecule has 0 fully saturated rings. The first-order chi connectivity index (χ1) is 9.10. The van der Waals surface area contributed by atoms with Crippen LogP contribution in [0.15, 0.2) is 0 Å². The van der Waals surface area contributed by atoms with Crippen LogP contribution in [0.5, 0.6) is 0 Å². The number of hydrogen-bond donors (Lipinski definition) is 0. The summed E-state index contributed by atoms with van der Waals surface area (Å²) in [6, 6.07) is 0. The molecule has 1 amide bonds. The molecular weight excluding hydrogens is 242 g/mol. The number of carbonyl (C=O) groups excluding carboxylic acids is 2. The Labute approximate surface area is 117 Å². The maximum Gasteiger partial charge on any atom is 0.325 e. The van der Waals surface area contributed by atoms with Gasteiger partial charge in [0, 0.05) is 12.5 Å². The molecule has 0 saturated carbocycles. The maximum atomic E-state index is 12.5. The lowest BCUT2D eigenvalue weighted by Crippen LogP contribution is -2.40. The molecule has 0 aromatic rings. The van der Waals surface area contributed by atoms with Crippen LogP contribution in [0.25, 0.3) is 0 Å². The topological polar surface area (TPSA) is 46.6 Å². The van der Waals surface area contributed by atoms with Gasteiger partial charge in [0.2, 0.25) is 5.91 Å². The van der Waals surface area contributed by atoms with Crippen LogP contribution in [0.3, 0.4) is 0 Å². The molecule has 0 aromatic heterocycles. The summed E-state index contributed by atoms with van der Waals surface area (Å²) in [6.45, 7) is 9.05. The number of hydrogen-bond acceptors (Lipinski definition) is 3. The lowest BCUT2D eigenvalue weighted by molar-refractivity contribution is -0.150. The van der Waals surface area contributed by atoms with Crippen molar-refractivity contribution in [3.8, 4) is 0 Å². The standard InChI is InChI=1S/C15H29NO3/c1-5-9-13(10-6-2)15(18)16(11-7-3)12-14(17)19-8-4/h13H,5-12H2,1-4H3. The van der Waals surface area contributed by atoms with Gasteiger partial charge in [-0.2, -0.15) is 0 Å². The van der Waals surface area contributed by atoms with Crippen molar-refractivity contribution in [1.82, 2.24) is 4.90 Å². The first-order valence-electron chi connectivity index (χ1n) is 7.54. The van der Waals surface area contributed by atoms with Crippen LogP contribution in [0.4, 0.5) is 0 Å². The van der Waals surface area contributed by atoms with E-state index in [0.717, 1.165) is 32.1 Å². The predicted molar refractivity (Wildman–Crippen MR) is 76.8 cm³/mol. The van der Waals surface area contributed by atoms with Gasteiger partial charge in [-0.05, 0) is 26.2 Å². The average Bonchev–Trinajstić information content (AvgIpc) is 2.37. The molecular formula is C15H29NO3. The molecule has 0 bridgehead atoms. The van der Waals surface area contributed by atoms with Crippen LogP contribution in [-0.2, 0) is 14.3 Å². The summed E-state index contributed by atoms with van der Waals surface area (Å²) in [4.78, 5) is 25.7. The summed E-state index contributed by atoms with van der Waals surface area (Å²) in [5.74, 6) is -0.148. The number of rotatable bonds is 10. The smallest absolute Gasteiger partial charge is 0.325 e. The van der Waals surface area contributed by atoms with Crippen LogP contribution >= 0.6 is 0 Å². The Bertz CT molecular complexity index is 260. The highest BCUT2D eigenvalue weighted by Crippen LogP contribution is 2.17. The average molecular weight is 271 g/mol. The van der Waals surface area contributed by atoms with Gasteiger partial charge in [0.1, 0.15) is 6.54 Å². The zero-order chi connectivity index (χ0) is 14.7. The molecule has 112 valence electrons. The molecule has 0 radical (unpaired) electrons. The van der Waals surface area contributed by atoms with Crippen LogP contribution in [-0.4, -0.2) is 36.5 Å². The fraction of sp³-hybridized carbons (Fsp3) is 0.867. The van der Waals surface area contributed by atoms with Gasteiger partial charge in [0.15, 0.2) is 0 Å². The normalized spacial score (nSPS) is 10.6. The van der Waals surface area contributed by atoms with E-state index in [1.807, 2.05) is 6.92 Å². The number of ether oxygens (including phenoxy) is 1. The van der Waals surface area contributed by atoms with E-state index in [2.05, 4.69) is 13.8 Å². The minimum atomic E-state index is -0.309. The summed E-state index contributed by atoms with van der Waals surface area (Å²) < 4.78 is 4.94. The van der Waals surface area contributed by atoms with Gasteiger partial charge in [-0.1, -0.05) is 33.6 Å². The predicted octanol–water partition coefficient (Wildman–Crippen LogP) is 3.00. The van der Waals surface area contributed by atoms with Gasteiger partial charge in [-0.15, -0.1) is 0 Å². The van der Waals surface area contributed by atoms with Gasteiger partial charge in [0.05, 0.1) is 6.61 Å². The molecule has 0 saturated heterocycles. The molecule has 0 aliphatic rings. The third kappa shape index (κ3) is 7.19. The zero-order valence-corrected chi connectivity index (χ0v) is 12.9. The van der Waals surface area contributed by atoms with Gasteiger partial charge >= 0.3 is 5.97 Å². The fourth-order valence-electron chi connectivity index (χ4n) is 2.25. The number of amides is 1. The highest BCUT2D eigenvalue weighted by atomic mass is 16.5. The Hall–Kier alpha value is -1.06. The number of nitrogens with zero attached hydrogens (tertiary/aromatic N) is 1. The highest BCUT2D eigenvalue weighted by Gasteiger charge is 2.24. The molecule has 4 nitrogen and oxygen atoms in total. The SMILES string of the molecule is CCCC(CCC)C(=O)N(CCC)CC(=O)OCC. The minimum Gasteiger partial charge on any atom is -0.465 e. The van der Waals surface area contributed by atoms with E-state index in [-0.39, 0.29) is 24.3 Å². The van der Waals surface area contributed by atoms with Crippen molar-refractivity contribution in [3.05, 3.63) is 0 Å². The second-order valence-electron chi connectivity index (χ2n) is 4.84.